The van der Waals surface area contributed by atoms with Gasteiger partial charge < -0.3 is 15.0 Å². The Kier molecular flexibility index (Phi) is 4.10. The van der Waals surface area contributed by atoms with Crippen molar-refractivity contribution >= 4 is 5.88 Å². The van der Waals surface area contributed by atoms with Gasteiger partial charge in [-0.05, 0) is 37.0 Å². The Bertz CT molecular complexity index is 549. The highest BCUT2D eigenvalue weighted by atomic mass is 16.5. The standard InChI is InChI=1S/C15H20N2O2/c1-4-10(3)11-6-7-14(18-5-2)12(8-11)13-9-15(16)19-17-13/h6-10H,4-5,16H2,1-3H3. The van der Waals surface area contributed by atoms with Gasteiger partial charge in [-0.15, -0.1) is 0 Å². The van der Waals surface area contributed by atoms with Gasteiger partial charge in [-0.2, -0.15) is 0 Å². The lowest BCUT2D eigenvalue weighted by Crippen LogP contribution is -1.97. The molecule has 1 aromatic heterocycles. The Morgan fingerprint density at radius 3 is 2.68 bits per heavy atom. The van der Waals surface area contributed by atoms with Gasteiger partial charge in [-0.25, -0.2) is 0 Å². The molecule has 0 radical (unpaired) electrons. The van der Waals surface area contributed by atoms with Crippen molar-refractivity contribution in [2.24, 2.45) is 0 Å². The van der Waals surface area contributed by atoms with Gasteiger partial charge in [0.15, 0.2) is 0 Å². The molecule has 2 N–H and O–H groups in total. The van der Waals surface area contributed by atoms with E-state index < -0.39 is 0 Å². The van der Waals surface area contributed by atoms with Crippen LogP contribution in [0, 0.1) is 0 Å². The second kappa shape index (κ2) is 5.78. The van der Waals surface area contributed by atoms with Crippen LogP contribution in [0.4, 0.5) is 5.88 Å². The minimum Gasteiger partial charge on any atom is -0.493 e. The molecule has 1 unspecified atom stereocenters. The van der Waals surface area contributed by atoms with Crippen LogP contribution in [-0.4, -0.2) is 11.8 Å². The predicted octanol–water partition coefficient (Wildman–Crippen LogP) is 3.84. The molecule has 102 valence electrons. The zero-order valence-corrected chi connectivity index (χ0v) is 11.6. The molecular formula is C15H20N2O2. The van der Waals surface area contributed by atoms with E-state index >= 15 is 0 Å². The quantitative estimate of drug-likeness (QED) is 0.887. The van der Waals surface area contributed by atoms with E-state index in [4.69, 9.17) is 15.0 Å². The van der Waals surface area contributed by atoms with Crippen LogP contribution in [0.3, 0.4) is 0 Å². The van der Waals surface area contributed by atoms with Crippen LogP contribution in [0.2, 0.25) is 0 Å². The van der Waals surface area contributed by atoms with E-state index in [0.717, 1.165) is 17.7 Å². The number of anilines is 1. The summed E-state index contributed by atoms with van der Waals surface area (Å²) in [6, 6.07) is 7.92. The highest BCUT2D eigenvalue weighted by Crippen LogP contribution is 2.33. The summed E-state index contributed by atoms with van der Waals surface area (Å²) in [5.41, 5.74) is 8.50. The fraction of sp³-hybridized carbons (Fsp3) is 0.400. The summed E-state index contributed by atoms with van der Waals surface area (Å²) < 4.78 is 10.6. The number of nitrogens with zero attached hydrogens (tertiary/aromatic N) is 1. The van der Waals surface area contributed by atoms with Gasteiger partial charge in [0.1, 0.15) is 11.4 Å². The van der Waals surface area contributed by atoms with Crippen LogP contribution >= 0.6 is 0 Å². The van der Waals surface area contributed by atoms with Gasteiger partial charge in [0.25, 0.3) is 0 Å². The van der Waals surface area contributed by atoms with Crippen molar-refractivity contribution in [1.29, 1.82) is 0 Å². The van der Waals surface area contributed by atoms with E-state index in [1.807, 2.05) is 13.0 Å². The molecule has 1 atom stereocenters. The van der Waals surface area contributed by atoms with E-state index in [2.05, 4.69) is 31.1 Å². The van der Waals surface area contributed by atoms with Gasteiger partial charge in [-0.3, -0.25) is 0 Å². The van der Waals surface area contributed by atoms with Gasteiger partial charge in [0.2, 0.25) is 5.88 Å². The first-order chi connectivity index (χ1) is 9.15. The maximum Gasteiger partial charge on any atom is 0.222 e. The van der Waals surface area contributed by atoms with Gasteiger partial charge >= 0.3 is 0 Å². The van der Waals surface area contributed by atoms with Crippen molar-refractivity contribution in [1.82, 2.24) is 5.16 Å². The third-order valence-electron chi connectivity index (χ3n) is 3.29. The highest BCUT2D eigenvalue weighted by Gasteiger charge is 2.13. The van der Waals surface area contributed by atoms with Crippen LogP contribution in [0.5, 0.6) is 5.75 Å². The van der Waals surface area contributed by atoms with Crippen molar-refractivity contribution in [3.8, 4) is 17.0 Å². The van der Waals surface area contributed by atoms with E-state index in [1.165, 1.54) is 5.56 Å². The predicted molar refractivity (Wildman–Crippen MR) is 76.2 cm³/mol. The van der Waals surface area contributed by atoms with E-state index in [-0.39, 0.29) is 0 Å². The average Bonchev–Trinajstić information content (AvgIpc) is 2.85. The van der Waals surface area contributed by atoms with Crippen molar-refractivity contribution in [3.05, 3.63) is 29.8 Å². The SMILES string of the molecule is CCOc1ccc(C(C)CC)cc1-c1cc(N)on1. The minimum absolute atomic E-state index is 0.311. The van der Waals surface area contributed by atoms with E-state index in [1.54, 1.807) is 6.07 Å². The molecule has 0 spiro atoms. The van der Waals surface area contributed by atoms with Gasteiger partial charge in [0.05, 0.1) is 6.61 Å². The maximum absolute atomic E-state index is 5.65. The van der Waals surface area contributed by atoms with Crippen LogP contribution in [0.25, 0.3) is 11.3 Å². The molecule has 1 heterocycles. The summed E-state index contributed by atoms with van der Waals surface area (Å²) in [5, 5.41) is 3.98. The first kappa shape index (κ1) is 13.5. The zero-order chi connectivity index (χ0) is 13.8. The molecule has 0 amide bonds. The summed E-state index contributed by atoms with van der Waals surface area (Å²) in [5.74, 6) is 1.62. The van der Waals surface area contributed by atoms with E-state index in [0.29, 0.717) is 24.1 Å². The molecule has 2 aromatic rings. The summed E-state index contributed by atoms with van der Waals surface area (Å²) in [4.78, 5) is 0. The molecule has 4 nitrogen and oxygen atoms in total. The maximum atomic E-state index is 5.65. The Morgan fingerprint density at radius 2 is 2.11 bits per heavy atom. The van der Waals surface area contributed by atoms with Crippen LogP contribution in [0.1, 0.15) is 38.7 Å². The number of rotatable bonds is 5. The molecular weight excluding hydrogens is 240 g/mol. The van der Waals surface area contributed by atoms with Gasteiger partial charge in [-0.1, -0.05) is 25.1 Å². The first-order valence-corrected chi connectivity index (χ1v) is 6.65. The monoisotopic (exact) mass is 260 g/mol. The summed E-state index contributed by atoms with van der Waals surface area (Å²) in [6.07, 6.45) is 1.09. The molecule has 0 saturated heterocycles. The molecule has 1 aromatic carbocycles. The zero-order valence-electron chi connectivity index (χ0n) is 11.6. The average molecular weight is 260 g/mol. The van der Waals surface area contributed by atoms with Crippen molar-refractivity contribution in [2.75, 3.05) is 12.3 Å². The highest BCUT2D eigenvalue weighted by molar-refractivity contribution is 5.69. The third-order valence-corrected chi connectivity index (χ3v) is 3.29. The van der Waals surface area contributed by atoms with Gasteiger partial charge in [0, 0.05) is 11.6 Å². The number of benzene rings is 1. The lowest BCUT2D eigenvalue weighted by atomic mass is 9.95. The normalized spacial score (nSPS) is 12.4. The molecule has 2 rings (SSSR count). The molecule has 0 aliphatic carbocycles. The number of hydrogen-bond donors (Lipinski definition) is 1. The Balaban J connectivity index is 2.47. The van der Waals surface area contributed by atoms with Crippen LogP contribution < -0.4 is 10.5 Å². The Labute approximate surface area is 113 Å². The Hall–Kier alpha value is -1.97. The molecule has 0 fully saturated rings. The number of aromatic nitrogens is 1. The molecule has 0 bridgehead atoms. The number of hydrogen-bond acceptors (Lipinski definition) is 4. The molecule has 0 aliphatic heterocycles. The number of ether oxygens (including phenoxy) is 1. The Morgan fingerprint density at radius 1 is 1.32 bits per heavy atom. The number of nitrogen functional groups attached to an aromatic ring is 1. The van der Waals surface area contributed by atoms with Crippen LogP contribution in [0.15, 0.2) is 28.8 Å². The largest absolute Gasteiger partial charge is 0.493 e. The molecule has 0 aliphatic rings. The van der Waals surface area contributed by atoms with Crippen LogP contribution in [-0.2, 0) is 0 Å². The lowest BCUT2D eigenvalue weighted by Gasteiger charge is -2.13. The third kappa shape index (κ3) is 2.89. The number of nitrogens with two attached hydrogens (primary N) is 1. The van der Waals surface area contributed by atoms with E-state index in [9.17, 15) is 0 Å². The van der Waals surface area contributed by atoms with Crippen molar-refractivity contribution < 1.29 is 9.26 Å². The lowest BCUT2D eigenvalue weighted by molar-refractivity contribution is 0.341. The fourth-order valence-corrected chi connectivity index (χ4v) is 1.99. The topological polar surface area (TPSA) is 61.3 Å². The first-order valence-electron chi connectivity index (χ1n) is 6.65. The van der Waals surface area contributed by atoms with Crippen molar-refractivity contribution in [3.63, 3.8) is 0 Å². The minimum atomic E-state index is 0.311. The second-order valence-corrected chi connectivity index (χ2v) is 4.61. The molecule has 19 heavy (non-hydrogen) atoms. The summed E-state index contributed by atoms with van der Waals surface area (Å²) >= 11 is 0. The second-order valence-electron chi connectivity index (χ2n) is 4.61. The van der Waals surface area contributed by atoms with Crippen molar-refractivity contribution in [2.45, 2.75) is 33.1 Å². The summed E-state index contributed by atoms with van der Waals surface area (Å²) in [6.45, 7) is 6.96. The molecule has 4 heteroatoms. The smallest absolute Gasteiger partial charge is 0.222 e. The summed E-state index contributed by atoms with van der Waals surface area (Å²) in [7, 11) is 0. The molecule has 0 saturated carbocycles. The fourth-order valence-electron chi connectivity index (χ4n) is 1.99.